The highest BCUT2D eigenvalue weighted by Gasteiger charge is 2.41. The van der Waals surface area contributed by atoms with Gasteiger partial charge in [0, 0.05) is 0 Å². The van der Waals surface area contributed by atoms with Gasteiger partial charge in [0.15, 0.2) is 6.29 Å². The van der Waals surface area contributed by atoms with Gasteiger partial charge in [-0.15, -0.1) is 0 Å². The van der Waals surface area contributed by atoms with Crippen LogP contribution in [0.15, 0.2) is 0 Å². The monoisotopic (exact) mass is 331 g/mol. The van der Waals surface area contributed by atoms with Crippen molar-refractivity contribution < 1.29 is 50.7 Å². The van der Waals surface area contributed by atoms with Gasteiger partial charge in [0.2, 0.25) is 0 Å². The van der Waals surface area contributed by atoms with E-state index in [0.717, 1.165) is 0 Å². The smallest absolute Gasteiger partial charge is 0.173 e. The molecule has 1 heterocycles. The van der Waals surface area contributed by atoms with Crippen molar-refractivity contribution >= 4 is 0 Å². The Kier molecular flexibility index (Phi) is 10.1. The number of ether oxygens (including phenoxy) is 1. The predicted octanol–water partition coefficient (Wildman–Crippen LogP) is -6.20. The van der Waals surface area contributed by atoms with Crippen LogP contribution in [0.4, 0.5) is 0 Å². The Morgan fingerprint density at radius 2 is 1.32 bits per heavy atom. The first-order valence-corrected chi connectivity index (χ1v) is 6.53. The third-order valence-electron chi connectivity index (χ3n) is 3.11. The van der Waals surface area contributed by atoms with E-state index in [9.17, 15) is 10.2 Å². The molecule has 134 valence electrons. The minimum Gasteiger partial charge on any atom is -0.394 e. The van der Waals surface area contributed by atoms with Gasteiger partial charge in [-0.1, -0.05) is 0 Å². The fourth-order valence-corrected chi connectivity index (χ4v) is 1.59. The molecule has 1 fully saturated rings. The third kappa shape index (κ3) is 5.98. The first-order chi connectivity index (χ1) is 10.2. The lowest BCUT2D eigenvalue weighted by molar-refractivity contribution is -0.248. The number of hydrogen-bond donors (Lipinski definition) is 10. The fourth-order valence-electron chi connectivity index (χ4n) is 1.59. The molecule has 1 aliphatic rings. The van der Waals surface area contributed by atoms with Crippen molar-refractivity contribution in [3.63, 3.8) is 0 Å². The van der Waals surface area contributed by atoms with Gasteiger partial charge >= 0.3 is 0 Å². The molecule has 0 spiro atoms. The largest absolute Gasteiger partial charge is 0.394 e. The highest BCUT2D eigenvalue weighted by Crippen LogP contribution is 2.17. The summed E-state index contributed by atoms with van der Waals surface area (Å²) < 4.78 is 4.70. The Balaban J connectivity index is 0.000000409. The Labute approximate surface area is 126 Å². The number of nitrogens with two attached hydrogens (primary N) is 1. The van der Waals surface area contributed by atoms with E-state index in [4.69, 9.17) is 46.2 Å². The predicted molar refractivity (Wildman–Crippen MR) is 70.1 cm³/mol. The van der Waals surface area contributed by atoms with Crippen molar-refractivity contribution in [1.29, 1.82) is 0 Å². The molecule has 3 unspecified atom stereocenters. The van der Waals surface area contributed by atoms with E-state index in [1.807, 2.05) is 0 Å². The van der Waals surface area contributed by atoms with Crippen molar-refractivity contribution in [3.05, 3.63) is 0 Å². The molecule has 0 aromatic heterocycles. The minimum absolute atomic E-state index is 0.470. The van der Waals surface area contributed by atoms with Crippen LogP contribution in [0.25, 0.3) is 0 Å². The summed E-state index contributed by atoms with van der Waals surface area (Å²) in [6.45, 7) is -1.75. The molecule has 1 aliphatic heterocycles. The molecule has 0 saturated carbocycles. The quantitative estimate of drug-likeness (QED) is 0.228. The van der Waals surface area contributed by atoms with Gasteiger partial charge in [-0.25, -0.2) is 0 Å². The molecule has 0 bridgehead atoms. The van der Waals surface area contributed by atoms with Crippen molar-refractivity contribution in [2.24, 2.45) is 5.73 Å². The van der Waals surface area contributed by atoms with Crippen molar-refractivity contribution in [2.45, 2.75) is 49.0 Å². The molecule has 0 amide bonds. The lowest BCUT2D eigenvalue weighted by atomic mass is 9.98. The summed E-state index contributed by atoms with van der Waals surface area (Å²) >= 11 is 0. The Hall–Kier alpha value is -0.440. The van der Waals surface area contributed by atoms with Gasteiger partial charge in [0.05, 0.1) is 25.9 Å². The Bertz CT molecular complexity index is 281. The molecular weight excluding hydrogens is 306 g/mol. The summed E-state index contributed by atoms with van der Waals surface area (Å²) in [7, 11) is 0. The normalized spacial score (nSPS) is 36.0. The first-order valence-electron chi connectivity index (χ1n) is 6.53. The number of aliphatic hydroxyl groups is 9. The minimum atomic E-state index is -1.49. The van der Waals surface area contributed by atoms with Gasteiger partial charge < -0.3 is 56.4 Å². The summed E-state index contributed by atoms with van der Waals surface area (Å²) in [5, 5.41) is 78.6. The van der Waals surface area contributed by atoms with E-state index < -0.39 is 68.8 Å². The van der Waals surface area contributed by atoms with E-state index in [-0.39, 0.29) is 0 Å². The molecule has 0 radical (unpaired) electrons. The standard InChI is InChI=1S/C6H13NO5.C5H12O5/c7-3-5(10)4(9)2(1-8)12-6(3)11;6-1-3(8)5(10)4(9)2-7/h2-6,8-11H,1,7H2;3-10H,1-2H2/t2-,3-,4-,5-,6?;/m1./s1. The number of aliphatic hydroxyl groups excluding tert-OH is 9. The summed E-state index contributed by atoms with van der Waals surface area (Å²) in [6, 6.07) is -1.04. The van der Waals surface area contributed by atoms with Crippen LogP contribution >= 0.6 is 0 Å². The molecule has 1 rings (SSSR count). The molecule has 22 heavy (non-hydrogen) atoms. The van der Waals surface area contributed by atoms with Gasteiger partial charge in [-0.2, -0.15) is 0 Å². The molecular formula is C11H25NO10. The van der Waals surface area contributed by atoms with E-state index in [1.165, 1.54) is 0 Å². The molecule has 11 heteroatoms. The molecule has 7 atom stereocenters. The zero-order chi connectivity index (χ0) is 17.4. The van der Waals surface area contributed by atoms with E-state index >= 15 is 0 Å². The van der Waals surface area contributed by atoms with Crippen molar-refractivity contribution in [3.8, 4) is 0 Å². The third-order valence-corrected chi connectivity index (χ3v) is 3.11. The van der Waals surface area contributed by atoms with Crippen molar-refractivity contribution in [2.75, 3.05) is 19.8 Å². The fraction of sp³-hybridized carbons (Fsp3) is 1.00. The Morgan fingerprint density at radius 3 is 1.68 bits per heavy atom. The van der Waals surface area contributed by atoms with Crippen LogP contribution in [0.1, 0.15) is 0 Å². The molecule has 0 aromatic carbocycles. The maximum absolute atomic E-state index is 9.20. The molecule has 0 aliphatic carbocycles. The average molecular weight is 331 g/mol. The summed E-state index contributed by atoms with van der Waals surface area (Å²) in [6.07, 6.45) is -9.14. The maximum atomic E-state index is 9.20. The summed E-state index contributed by atoms with van der Waals surface area (Å²) in [5.74, 6) is 0. The molecule has 11 N–H and O–H groups in total. The van der Waals surface area contributed by atoms with Crippen LogP contribution in [0, 0.1) is 0 Å². The maximum Gasteiger partial charge on any atom is 0.173 e. The lowest BCUT2D eigenvalue weighted by Gasteiger charge is -2.38. The average Bonchev–Trinajstić information content (AvgIpc) is 2.54. The first kappa shape index (κ1) is 21.6. The number of rotatable bonds is 5. The lowest BCUT2D eigenvalue weighted by Crippen LogP contribution is -2.61. The topological polar surface area (TPSA) is 217 Å². The van der Waals surface area contributed by atoms with Crippen LogP contribution in [0.5, 0.6) is 0 Å². The van der Waals surface area contributed by atoms with Gasteiger partial charge in [0.1, 0.15) is 36.6 Å². The van der Waals surface area contributed by atoms with Crippen LogP contribution < -0.4 is 5.73 Å². The highest BCUT2D eigenvalue weighted by atomic mass is 16.6. The van der Waals surface area contributed by atoms with E-state index in [0.29, 0.717) is 0 Å². The van der Waals surface area contributed by atoms with Crippen LogP contribution in [0.2, 0.25) is 0 Å². The van der Waals surface area contributed by atoms with Gasteiger partial charge in [-0.05, 0) is 0 Å². The summed E-state index contributed by atoms with van der Waals surface area (Å²) in [5.41, 5.74) is 5.26. The zero-order valence-electron chi connectivity index (χ0n) is 11.8. The van der Waals surface area contributed by atoms with Crippen LogP contribution in [-0.4, -0.2) is 115 Å². The second-order valence-corrected chi connectivity index (χ2v) is 4.80. The molecule has 11 nitrogen and oxygen atoms in total. The second kappa shape index (κ2) is 10.4. The zero-order valence-corrected chi connectivity index (χ0v) is 11.8. The number of hydrogen-bond acceptors (Lipinski definition) is 11. The summed E-state index contributed by atoms with van der Waals surface area (Å²) in [4.78, 5) is 0. The van der Waals surface area contributed by atoms with E-state index in [2.05, 4.69) is 0 Å². The van der Waals surface area contributed by atoms with Crippen LogP contribution in [-0.2, 0) is 4.74 Å². The molecule has 1 saturated heterocycles. The second-order valence-electron chi connectivity index (χ2n) is 4.80. The van der Waals surface area contributed by atoms with E-state index in [1.54, 1.807) is 0 Å². The Morgan fingerprint density at radius 1 is 0.864 bits per heavy atom. The van der Waals surface area contributed by atoms with Gasteiger partial charge in [-0.3, -0.25) is 0 Å². The van der Waals surface area contributed by atoms with Crippen molar-refractivity contribution in [1.82, 2.24) is 0 Å². The molecule has 0 aromatic rings. The van der Waals surface area contributed by atoms with Gasteiger partial charge in [0.25, 0.3) is 0 Å². The highest BCUT2D eigenvalue weighted by molar-refractivity contribution is 4.90. The SMILES string of the molecule is N[C@H]1C(O)O[C@H](CO)[C@@H](O)[C@@H]1O.OCC(O)C(O)C(O)CO. The van der Waals surface area contributed by atoms with Crippen LogP contribution in [0.3, 0.4) is 0 Å².